The number of hydrazine groups is 1. The highest BCUT2D eigenvalue weighted by molar-refractivity contribution is 7.91. The fourth-order valence-corrected chi connectivity index (χ4v) is 6.86. The zero-order chi connectivity index (χ0) is 23.9. The number of ether oxygens (including phenoxy) is 1. The van der Waals surface area contributed by atoms with E-state index in [0.29, 0.717) is 37.4 Å². The van der Waals surface area contributed by atoms with Crippen molar-refractivity contribution in [2.45, 2.75) is 64.6 Å². The average Bonchev–Trinajstić information content (AvgIpc) is 3.21. The molecule has 2 fully saturated rings. The van der Waals surface area contributed by atoms with Gasteiger partial charge in [-0.25, -0.2) is 18.2 Å². The summed E-state index contributed by atoms with van der Waals surface area (Å²) in [7, 11) is -2.99. The number of rotatable bonds is 3. The highest BCUT2D eigenvalue weighted by Crippen LogP contribution is 2.39. The Bertz CT molecular complexity index is 1030. The van der Waals surface area contributed by atoms with Gasteiger partial charge in [0.2, 0.25) is 5.91 Å². The molecule has 9 nitrogen and oxygen atoms in total. The van der Waals surface area contributed by atoms with Gasteiger partial charge in [-0.05, 0) is 51.3 Å². The van der Waals surface area contributed by atoms with Gasteiger partial charge in [0.15, 0.2) is 9.84 Å². The maximum atomic E-state index is 12.9. The molecule has 0 bridgehead atoms. The molecule has 1 aromatic rings. The lowest BCUT2D eigenvalue weighted by Crippen LogP contribution is -2.51. The molecule has 1 N–H and O–H groups in total. The fourth-order valence-electron chi connectivity index (χ4n) is 5.15. The molecule has 0 aromatic heterocycles. The Balaban J connectivity index is 1.60. The molecular formula is C23H34N4O5S. The highest BCUT2D eigenvalue weighted by atomic mass is 32.2. The smallest absolute Gasteiger partial charge is 0.414 e. The molecule has 4 rings (SSSR count). The van der Waals surface area contributed by atoms with Gasteiger partial charge in [-0.3, -0.25) is 15.1 Å². The van der Waals surface area contributed by atoms with Crippen LogP contribution in [-0.4, -0.2) is 74.8 Å². The first-order valence-corrected chi connectivity index (χ1v) is 13.5. The van der Waals surface area contributed by atoms with Gasteiger partial charge in [-0.1, -0.05) is 6.07 Å². The Morgan fingerprint density at radius 1 is 1.18 bits per heavy atom. The topological polar surface area (TPSA) is 99.3 Å². The van der Waals surface area contributed by atoms with Crippen molar-refractivity contribution in [2.75, 3.05) is 40.9 Å². The third-order valence-electron chi connectivity index (χ3n) is 6.64. The Labute approximate surface area is 195 Å². The lowest BCUT2D eigenvalue weighted by atomic mass is 9.96. The van der Waals surface area contributed by atoms with Gasteiger partial charge in [0.1, 0.15) is 0 Å². The van der Waals surface area contributed by atoms with Gasteiger partial charge in [0.25, 0.3) is 0 Å². The van der Waals surface area contributed by atoms with E-state index in [4.69, 9.17) is 4.74 Å². The molecule has 2 amide bonds. The van der Waals surface area contributed by atoms with Crippen molar-refractivity contribution in [2.24, 2.45) is 0 Å². The summed E-state index contributed by atoms with van der Waals surface area (Å²) in [6, 6.07) is 5.71. The molecular weight excluding hydrogens is 444 g/mol. The summed E-state index contributed by atoms with van der Waals surface area (Å²) in [6.07, 6.45) is 0.895. The monoisotopic (exact) mass is 478 g/mol. The largest absolute Gasteiger partial charge is 0.446 e. The fraction of sp³-hybridized carbons (Fsp3) is 0.652. The van der Waals surface area contributed by atoms with E-state index in [0.717, 1.165) is 12.0 Å². The van der Waals surface area contributed by atoms with Crippen molar-refractivity contribution >= 4 is 33.2 Å². The van der Waals surface area contributed by atoms with E-state index in [-0.39, 0.29) is 41.5 Å². The number of sulfone groups is 1. The van der Waals surface area contributed by atoms with E-state index >= 15 is 0 Å². The van der Waals surface area contributed by atoms with Gasteiger partial charge in [0, 0.05) is 38.5 Å². The zero-order valence-corrected chi connectivity index (χ0v) is 20.6. The summed E-state index contributed by atoms with van der Waals surface area (Å²) in [4.78, 5) is 28.6. The van der Waals surface area contributed by atoms with Gasteiger partial charge in [0.05, 0.1) is 35.0 Å². The number of fused-ring (bicyclic) bond motifs is 1. The predicted molar refractivity (Wildman–Crippen MR) is 127 cm³/mol. The Morgan fingerprint density at radius 2 is 1.94 bits per heavy atom. The van der Waals surface area contributed by atoms with Crippen LogP contribution in [0.2, 0.25) is 0 Å². The summed E-state index contributed by atoms with van der Waals surface area (Å²) < 4.78 is 29.6. The number of amides is 2. The molecule has 0 radical (unpaired) electrons. The third-order valence-corrected chi connectivity index (χ3v) is 8.45. The molecule has 1 aromatic carbocycles. The number of carbonyl (C=O) groups is 2. The van der Waals surface area contributed by atoms with Gasteiger partial charge >= 0.3 is 6.09 Å². The number of nitrogens with one attached hydrogen (secondary N) is 1. The molecule has 182 valence electrons. The number of nitrogens with zero attached hydrogens (tertiary/aromatic N) is 3. The van der Waals surface area contributed by atoms with E-state index in [1.54, 1.807) is 9.80 Å². The Morgan fingerprint density at radius 3 is 2.61 bits per heavy atom. The van der Waals surface area contributed by atoms with Crippen LogP contribution in [0.1, 0.15) is 52.0 Å². The zero-order valence-electron chi connectivity index (χ0n) is 19.8. The van der Waals surface area contributed by atoms with Crippen LogP contribution in [0.15, 0.2) is 18.2 Å². The minimum atomic E-state index is -2.99. The standard InChI is InChI=1S/C23H34N4O5S/c1-15(2)32-23(29)25-12-16(3)27(17(4)28)21-8-7-18(10-22(21)25)19-11-24-26(13-19)20-6-5-9-33(30,31)14-20/h7-8,10,15-16,19-20,24H,5-6,9,11-14H2,1-4H3/t16-,19?,20?/m0/s1. The van der Waals surface area contributed by atoms with E-state index < -0.39 is 15.9 Å². The van der Waals surface area contributed by atoms with E-state index in [9.17, 15) is 18.0 Å². The first kappa shape index (κ1) is 24.0. The van der Waals surface area contributed by atoms with Crippen LogP contribution in [0, 0.1) is 0 Å². The minimum absolute atomic E-state index is 0.0158. The molecule has 3 aliphatic heterocycles. The van der Waals surface area contributed by atoms with Crippen molar-refractivity contribution in [1.29, 1.82) is 0 Å². The van der Waals surface area contributed by atoms with E-state index in [1.807, 2.05) is 39.0 Å². The van der Waals surface area contributed by atoms with Crippen molar-refractivity contribution in [3.05, 3.63) is 23.8 Å². The highest BCUT2D eigenvalue weighted by Gasteiger charge is 2.37. The van der Waals surface area contributed by atoms with Crippen LogP contribution >= 0.6 is 0 Å². The van der Waals surface area contributed by atoms with Crippen molar-refractivity contribution in [3.8, 4) is 0 Å². The van der Waals surface area contributed by atoms with Gasteiger partial charge in [-0.15, -0.1) is 0 Å². The third kappa shape index (κ3) is 5.02. The molecule has 3 heterocycles. The SMILES string of the molecule is CC(=O)N1c2ccc(C3CNN(C4CCCS(=O)(=O)C4)C3)cc2N(C(=O)OC(C)C)C[C@@H]1C. The lowest BCUT2D eigenvalue weighted by Gasteiger charge is -2.40. The summed E-state index contributed by atoms with van der Waals surface area (Å²) in [6.45, 7) is 8.83. The minimum Gasteiger partial charge on any atom is -0.446 e. The number of benzene rings is 1. The molecule has 2 unspecified atom stereocenters. The summed E-state index contributed by atoms with van der Waals surface area (Å²) in [5, 5.41) is 2.07. The second-order valence-electron chi connectivity index (χ2n) is 9.65. The summed E-state index contributed by atoms with van der Waals surface area (Å²) >= 11 is 0. The number of hydrogen-bond donors (Lipinski definition) is 1. The van der Waals surface area contributed by atoms with Crippen molar-refractivity contribution in [3.63, 3.8) is 0 Å². The maximum absolute atomic E-state index is 12.9. The second-order valence-corrected chi connectivity index (χ2v) is 11.9. The summed E-state index contributed by atoms with van der Waals surface area (Å²) in [5.41, 5.74) is 5.80. The van der Waals surface area contributed by atoms with E-state index in [1.165, 1.54) is 6.92 Å². The van der Waals surface area contributed by atoms with Crippen molar-refractivity contribution < 1.29 is 22.7 Å². The van der Waals surface area contributed by atoms with Gasteiger partial charge < -0.3 is 9.64 Å². The van der Waals surface area contributed by atoms with Crippen LogP contribution < -0.4 is 15.2 Å². The molecule has 0 saturated carbocycles. The van der Waals surface area contributed by atoms with Crippen LogP contribution in [-0.2, 0) is 19.4 Å². The lowest BCUT2D eigenvalue weighted by molar-refractivity contribution is -0.117. The Kier molecular flexibility index (Phi) is 6.70. The number of hydrogen-bond acceptors (Lipinski definition) is 7. The molecule has 0 aliphatic carbocycles. The molecule has 10 heteroatoms. The molecule has 3 aliphatic rings. The predicted octanol–water partition coefficient (Wildman–Crippen LogP) is 2.27. The van der Waals surface area contributed by atoms with Gasteiger partial charge in [-0.2, -0.15) is 0 Å². The number of carbonyl (C=O) groups excluding carboxylic acids is 2. The maximum Gasteiger partial charge on any atom is 0.414 e. The molecule has 33 heavy (non-hydrogen) atoms. The second kappa shape index (κ2) is 9.23. The quantitative estimate of drug-likeness (QED) is 0.711. The van der Waals surface area contributed by atoms with Crippen molar-refractivity contribution in [1.82, 2.24) is 10.4 Å². The molecule has 2 saturated heterocycles. The normalized spacial score (nSPS) is 27.5. The average molecular weight is 479 g/mol. The molecule has 0 spiro atoms. The van der Waals surface area contributed by atoms with E-state index in [2.05, 4.69) is 10.4 Å². The van der Waals surface area contributed by atoms with Crippen LogP contribution in [0.25, 0.3) is 0 Å². The summed E-state index contributed by atoms with van der Waals surface area (Å²) in [5.74, 6) is 0.546. The Hall–Kier alpha value is -2.17. The number of anilines is 2. The van der Waals surface area contributed by atoms with Crippen LogP contribution in [0.4, 0.5) is 16.2 Å². The van der Waals surface area contributed by atoms with Crippen LogP contribution in [0.3, 0.4) is 0 Å². The van der Waals surface area contributed by atoms with Crippen LogP contribution in [0.5, 0.6) is 0 Å². The first-order chi connectivity index (χ1) is 15.6. The first-order valence-electron chi connectivity index (χ1n) is 11.7. The molecule has 3 atom stereocenters.